The Kier molecular flexibility index (Phi) is 13.2. The molecule has 10 rings (SSSR count). The van der Waals surface area contributed by atoms with Crippen molar-refractivity contribution >= 4 is 17.3 Å². The lowest BCUT2D eigenvalue weighted by Crippen LogP contribution is -2.12. The first-order valence-corrected chi connectivity index (χ1v) is 21.0. The largest absolute Gasteiger partial charge is 0.480 e. The van der Waals surface area contributed by atoms with E-state index >= 15 is 0 Å². The Morgan fingerprint density at radius 3 is 1.25 bits per heavy atom. The molecule has 0 fully saturated rings. The van der Waals surface area contributed by atoms with Crippen LogP contribution in [0.2, 0.25) is 0 Å². The van der Waals surface area contributed by atoms with E-state index in [4.69, 9.17) is 20.8 Å². The molecule has 0 aliphatic carbocycles. The number of nitrogens with zero attached hydrogens (tertiary/aromatic N) is 2. The first kappa shape index (κ1) is 42.9. The Hall–Kier alpha value is -8.75. The van der Waals surface area contributed by atoms with Gasteiger partial charge in [0, 0.05) is 44.8 Å². The lowest BCUT2D eigenvalue weighted by atomic mass is 9.99. The fourth-order valence-corrected chi connectivity index (χ4v) is 7.80. The van der Waals surface area contributed by atoms with Crippen LogP contribution in [0.15, 0.2) is 218 Å². The summed E-state index contributed by atoms with van der Waals surface area (Å²) in [5, 5.41) is 11.9. The maximum absolute atomic E-state index is 11.0. The number of H-pyrrole nitrogens is 2. The minimum absolute atomic E-state index is 0. The second-order valence-electron chi connectivity index (χ2n) is 15.1. The van der Waals surface area contributed by atoms with E-state index in [0.29, 0.717) is 0 Å². The Labute approximate surface area is 379 Å². The fourth-order valence-electron chi connectivity index (χ4n) is 7.80. The number of aliphatic carboxylic acids is 1. The number of carbonyl (C=O) groups is 1. The average Bonchev–Trinajstić information content (AvgIpc) is 4.02. The Morgan fingerprint density at radius 1 is 0.446 bits per heavy atom. The molecule has 6 N–H and O–H groups in total. The fraction of sp³-hybridized carbons (Fsp3) is 0.0351. The van der Waals surface area contributed by atoms with Crippen molar-refractivity contribution in [2.75, 3.05) is 17.6 Å². The molecule has 0 saturated heterocycles. The van der Waals surface area contributed by atoms with E-state index in [0.717, 1.165) is 101 Å². The van der Waals surface area contributed by atoms with Crippen molar-refractivity contribution in [1.82, 2.24) is 19.9 Å². The Morgan fingerprint density at radius 2 is 0.815 bits per heavy atom. The van der Waals surface area contributed by atoms with Crippen molar-refractivity contribution in [2.45, 2.75) is 7.43 Å². The van der Waals surface area contributed by atoms with E-state index in [1.807, 2.05) is 140 Å². The standard InChI is InChI=1S/C29H23N3O2.C27H21N3.CH4/c33-26(34)19-30-23-15-9-14-22(18-23)24-16-7-8-17-25(24)29-31-27(20-10-3-1-4-11-20)28(32-29)21-12-5-2-6-13-21;28-22-15-9-14-21(18-22)23-16-7-8-17-24(23)27-29-25(19-10-3-1-4-11-19)26(30-27)20-12-5-2-6-13-20;/h1-18,30H,19H2,(H,31,32)(H,33,34);1-18H,28H2,(H,29,30);1H4. The number of hydrogen-bond acceptors (Lipinski definition) is 5. The molecule has 2 heterocycles. The summed E-state index contributed by atoms with van der Waals surface area (Å²) in [7, 11) is 0. The molecule has 318 valence electrons. The number of imidazole rings is 2. The number of nitrogens with one attached hydrogen (secondary N) is 3. The molecule has 0 aliphatic rings. The summed E-state index contributed by atoms with van der Waals surface area (Å²) in [5.41, 5.74) is 21.8. The molecule has 8 heteroatoms. The minimum atomic E-state index is -0.900. The van der Waals surface area contributed by atoms with Gasteiger partial charge >= 0.3 is 5.97 Å². The van der Waals surface area contributed by atoms with Crippen molar-refractivity contribution in [3.63, 3.8) is 0 Å². The van der Waals surface area contributed by atoms with Crippen LogP contribution in [0.25, 0.3) is 90.1 Å². The number of carboxylic acid groups (broad SMARTS) is 1. The molecule has 8 nitrogen and oxygen atoms in total. The predicted molar refractivity (Wildman–Crippen MR) is 268 cm³/mol. The molecule has 65 heavy (non-hydrogen) atoms. The van der Waals surface area contributed by atoms with Crippen LogP contribution in [0.3, 0.4) is 0 Å². The van der Waals surface area contributed by atoms with Crippen molar-refractivity contribution < 1.29 is 9.90 Å². The smallest absolute Gasteiger partial charge is 0.322 e. The summed E-state index contributed by atoms with van der Waals surface area (Å²) >= 11 is 0. The topological polar surface area (TPSA) is 133 Å². The van der Waals surface area contributed by atoms with Crippen LogP contribution < -0.4 is 11.1 Å². The van der Waals surface area contributed by atoms with Gasteiger partial charge in [-0.1, -0.05) is 202 Å². The number of hydrogen-bond donors (Lipinski definition) is 5. The highest BCUT2D eigenvalue weighted by Gasteiger charge is 2.19. The van der Waals surface area contributed by atoms with E-state index in [2.05, 4.69) is 94.1 Å². The summed E-state index contributed by atoms with van der Waals surface area (Å²) in [6.45, 7) is -0.135. The first-order valence-electron chi connectivity index (χ1n) is 21.0. The molecule has 2 aromatic heterocycles. The third kappa shape index (κ3) is 9.83. The summed E-state index contributed by atoms with van der Waals surface area (Å²) in [6.07, 6.45) is 0. The summed E-state index contributed by atoms with van der Waals surface area (Å²) < 4.78 is 0. The summed E-state index contributed by atoms with van der Waals surface area (Å²) in [6, 6.07) is 73.1. The van der Waals surface area contributed by atoms with Gasteiger partial charge in [0.25, 0.3) is 0 Å². The molecule has 10 aromatic rings. The van der Waals surface area contributed by atoms with Crippen LogP contribution in [-0.2, 0) is 4.79 Å². The van der Waals surface area contributed by atoms with Crippen molar-refractivity contribution in [3.05, 3.63) is 218 Å². The lowest BCUT2D eigenvalue weighted by molar-refractivity contribution is -0.134. The Bertz CT molecular complexity index is 3030. The number of rotatable bonds is 11. The number of aromatic nitrogens is 4. The zero-order chi connectivity index (χ0) is 43.7. The number of nitrogen functional groups attached to an aromatic ring is 1. The van der Waals surface area contributed by atoms with Crippen LogP contribution in [0.4, 0.5) is 11.4 Å². The van der Waals surface area contributed by atoms with Crippen LogP contribution in [0.5, 0.6) is 0 Å². The highest BCUT2D eigenvalue weighted by molar-refractivity contribution is 5.88. The second kappa shape index (κ2) is 20.0. The summed E-state index contributed by atoms with van der Waals surface area (Å²) in [5.74, 6) is 0.714. The maximum Gasteiger partial charge on any atom is 0.322 e. The van der Waals surface area contributed by atoms with Gasteiger partial charge in [-0.2, -0.15) is 0 Å². The van der Waals surface area contributed by atoms with Crippen LogP contribution in [-0.4, -0.2) is 37.6 Å². The van der Waals surface area contributed by atoms with Gasteiger partial charge in [0.05, 0.1) is 22.8 Å². The van der Waals surface area contributed by atoms with E-state index < -0.39 is 5.97 Å². The molecule has 0 aliphatic heterocycles. The molecule has 0 bridgehead atoms. The van der Waals surface area contributed by atoms with Gasteiger partial charge in [-0.25, -0.2) is 9.97 Å². The van der Waals surface area contributed by atoms with E-state index in [1.165, 1.54) is 0 Å². The maximum atomic E-state index is 11.0. The van der Waals surface area contributed by atoms with E-state index in [1.54, 1.807) is 0 Å². The van der Waals surface area contributed by atoms with Crippen molar-refractivity contribution in [3.8, 4) is 90.1 Å². The van der Waals surface area contributed by atoms with Crippen LogP contribution in [0.1, 0.15) is 7.43 Å². The molecule has 0 atom stereocenters. The number of benzene rings is 8. The molecule has 0 spiro atoms. The average molecular weight is 849 g/mol. The third-order valence-corrected chi connectivity index (χ3v) is 10.8. The number of anilines is 2. The van der Waals surface area contributed by atoms with Crippen LogP contribution in [0, 0.1) is 0 Å². The van der Waals surface area contributed by atoms with Gasteiger partial charge in [0.15, 0.2) is 0 Å². The molecule has 0 amide bonds. The van der Waals surface area contributed by atoms with Crippen LogP contribution >= 0.6 is 0 Å². The second-order valence-corrected chi connectivity index (χ2v) is 15.1. The van der Waals surface area contributed by atoms with Gasteiger partial charge in [0.2, 0.25) is 0 Å². The molecule has 0 unspecified atom stereocenters. The highest BCUT2D eigenvalue weighted by atomic mass is 16.4. The molecule has 0 saturated carbocycles. The molecule has 8 aromatic carbocycles. The van der Waals surface area contributed by atoms with Gasteiger partial charge < -0.3 is 26.1 Å². The molecular weight excluding hydrogens is 801 g/mol. The summed E-state index contributed by atoms with van der Waals surface area (Å²) in [4.78, 5) is 28.2. The van der Waals surface area contributed by atoms with Crippen molar-refractivity contribution in [2.24, 2.45) is 0 Å². The zero-order valence-electron chi connectivity index (χ0n) is 34.8. The highest BCUT2D eigenvalue weighted by Crippen LogP contribution is 2.39. The Balaban J connectivity index is 0.000000176. The van der Waals surface area contributed by atoms with Crippen molar-refractivity contribution in [1.29, 1.82) is 0 Å². The molecule has 0 radical (unpaired) electrons. The monoisotopic (exact) mass is 848 g/mol. The first-order chi connectivity index (χ1) is 31.5. The lowest BCUT2D eigenvalue weighted by Gasteiger charge is -2.10. The minimum Gasteiger partial charge on any atom is -0.480 e. The predicted octanol–water partition coefficient (Wildman–Crippen LogP) is 13.9. The number of carboxylic acids is 1. The quantitative estimate of drug-likeness (QED) is 0.0823. The van der Waals surface area contributed by atoms with Gasteiger partial charge in [-0.3, -0.25) is 4.79 Å². The molecular formula is C57H48N6O2. The normalized spacial score (nSPS) is 10.6. The number of aromatic amines is 2. The zero-order valence-corrected chi connectivity index (χ0v) is 34.8. The third-order valence-electron chi connectivity index (χ3n) is 10.8. The van der Waals surface area contributed by atoms with Gasteiger partial charge in [-0.05, 0) is 46.5 Å². The van der Waals surface area contributed by atoms with E-state index in [-0.39, 0.29) is 14.0 Å². The van der Waals surface area contributed by atoms with Gasteiger partial charge in [0.1, 0.15) is 18.2 Å². The van der Waals surface area contributed by atoms with Gasteiger partial charge in [-0.15, -0.1) is 0 Å². The van der Waals surface area contributed by atoms with E-state index in [9.17, 15) is 4.79 Å². The SMILES string of the molecule is C.Nc1cccc(-c2ccccc2-c2nc(-c3ccccc3)c(-c3ccccc3)[nH]2)c1.O=C(O)CNc1cccc(-c2ccccc2-c2nc(-c3ccccc3)c(-c3ccccc3)[nH]2)c1. The number of nitrogens with two attached hydrogens (primary N) is 1.